The summed E-state index contributed by atoms with van der Waals surface area (Å²) in [7, 11) is 0. The monoisotopic (exact) mass is 233 g/mol. The topological polar surface area (TPSA) is 50.9 Å². The summed E-state index contributed by atoms with van der Waals surface area (Å²) in [6.45, 7) is 2.88. The molecule has 1 heterocycles. The van der Waals surface area contributed by atoms with Crippen LogP contribution in [0, 0.1) is 6.92 Å². The SMILES string of the molecule is Cc1csc(CCNc2ccccc2N)n1. The quantitative estimate of drug-likeness (QED) is 0.798. The number of anilines is 2. The van der Waals surface area contributed by atoms with Gasteiger partial charge >= 0.3 is 0 Å². The van der Waals surface area contributed by atoms with Crippen molar-refractivity contribution in [1.29, 1.82) is 0 Å². The molecule has 0 aliphatic heterocycles. The lowest BCUT2D eigenvalue weighted by atomic mass is 10.2. The lowest BCUT2D eigenvalue weighted by Crippen LogP contribution is -2.06. The molecule has 0 bridgehead atoms. The van der Waals surface area contributed by atoms with Crippen LogP contribution in [0.4, 0.5) is 11.4 Å². The summed E-state index contributed by atoms with van der Waals surface area (Å²) in [4.78, 5) is 4.41. The van der Waals surface area contributed by atoms with Crippen molar-refractivity contribution >= 4 is 22.7 Å². The van der Waals surface area contributed by atoms with Crippen molar-refractivity contribution in [2.45, 2.75) is 13.3 Å². The molecular formula is C12H15N3S. The van der Waals surface area contributed by atoms with Gasteiger partial charge in [-0.1, -0.05) is 12.1 Å². The summed E-state index contributed by atoms with van der Waals surface area (Å²) < 4.78 is 0. The van der Waals surface area contributed by atoms with E-state index in [2.05, 4.69) is 15.7 Å². The van der Waals surface area contributed by atoms with E-state index in [0.29, 0.717) is 0 Å². The Morgan fingerprint density at radius 1 is 1.38 bits per heavy atom. The number of hydrogen-bond acceptors (Lipinski definition) is 4. The van der Waals surface area contributed by atoms with E-state index in [1.54, 1.807) is 11.3 Å². The van der Waals surface area contributed by atoms with Crippen molar-refractivity contribution in [2.75, 3.05) is 17.6 Å². The fraction of sp³-hybridized carbons (Fsp3) is 0.250. The molecule has 0 amide bonds. The van der Waals surface area contributed by atoms with Crippen LogP contribution in [-0.4, -0.2) is 11.5 Å². The normalized spacial score (nSPS) is 10.3. The van der Waals surface area contributed by atoms with E-state index in [0.717, 1.165) is 30.0 Å². The first-order valence-corrected chi connectivity index (χ1v) is 6.13. The Hall–Kier alpha value is -1.55. The third-order valence-corrected chi connectivity index (χ3v) is 3.31. The summed E-state index contributed by atoms with van der Waals surface area (Å²) >= 11 is 1.71. The lowest BCUT2D eigenvalue weighted by molar-refractivity contribution is 0.987. The second-order valence-corrected chi connectivity index (χ2v) is 4.59. The summed E-state index contributed by atoms with van der Waals surface area (Å²) in [5.74, 6) is 0. The average Bonchev–Trinajstić information content (AvgIpc) is 2.67. The molecule has 3 nitrogen and oxygen atoms in total. The molecule has 84 valence electrons. The number of nitrogens with one attached hydrogen (secondary N) is 1. The number of nitrogen functional groups attached to an aromatic ring is 1. The molecule has 2 aromatic rings. The molecule has 0 fully saturated rings. The zero-order valence-electron chi connectivity index (χ0n) is 9.23. The van der Waals surface area contributed by atoms with E-state index in [4.69, 9.17) is 5.73 Å². The van der Waals surface area contributed by atoms with E-state index >= 15 is 0 Å². The highest BCUT2D eigenvalue weighted by atomic mass is 32.1. The molecule has 3 N–H and O–H groups in total. The van der Waals surface area contributed by atoms with Crippen LogP contribution < -0.4 is 11.1 Å². The zero-order valence-corrected chi connectivity index (χ0v) is 10.1. The van der Waals surface area contributed by atoms with E-state index in [1.165, 1.54) is 5.01 Å². The second-order valence-electron chi connectivity index (χ2n) is 3.65. The smallest absolute Gasteiger partial charge is 0.0945 e. The van der Waals surface area contributed by atoms with Gasteiger partial charge in [0.05, 0.1) is 16.4 Å². The number of hydrogen-bond donors (Lipinski definition) is 2. The molecule has 0 aliphatic carbocycles. The van der Waals surface area contributed by atoms with Crippen LogP contribution in [0.1, 0.15) is 10.7 Å². The number of para-hydroxylation sites is 2. The summed E-state index contributed by atoms with van der Waals surface area (Å²) in [6.07, 6.45) is 0.937. The highest BCUT2D eigenvalue weighted by Crippen LogP contribution is 2.17. The number of nitrogens with two attached hydrogens (primary N) is 1. The van der Waals surface area contributed by atoms with Crippen molar-refractivity contribution in [3.8, 4) is 0 Å². The van der Waals surface area contributed by atoms with Crippen LogP contribution in [0.25, 0.3) is 0 Å². The van der Waals surface area contributed by atoms with Crippen LogP contribution in [-0.2, 0) is 6.42 Å². The van der Waals surface area contributed by atoms with Crippen LogP contribution in [0.15, 0.2) is 29.6 Å². The third-order valence-electron chi connectivity index (χ3n) is 2.28. The minimum Gasteiger partial charge on any atom is -0.397 e. The van der Waals surface area contributed by atoms with Crippen molar-refractivity contribution in [1.82, 2.24) is 4.98 Å². The fourth-order valence-electron chi connectivity index (χ4n) is 1.48. The van der Waals surface area contributed by atoms with Crippen LogP contribution in [0.3, 0.4) is 0 Å². The molecule has 4 heteroatoms. The van der Waals surface area contributed by atoms with Crippen molar-refractivity contribution in [3.63, 3.8) is 0 Å². The largest absolute Gasteiger partial charge is 0.397 e. The average molecular weight is 233 g/mol. The Morgan fingerprint density at radius 2 is 2.19 bits per heavy atom. The van der Waals surface area contributed by atoms with Gasteiger partial charge < -0.3 is 11.1 Å². The van der Waals surface area contributed by atoms with Crippen LogP contribution >= 0.6 is 11.3 Å². The summed E-state index contributed by atoms with van der Waals surface area (Å²) in [6, 6.07) is 7.80. The molecule has 0 aliphatic rings. The van der Waals surface area contributed by atoms with Crippen LogP contribution in [0.5, 0.6) is 0 Å². The number of aromatic nitrogens is 1. The molecule has 0 spiro atoms. The molecule has 0 radical (unpaired) electrons. The van der Waals surface area contributed by atoms with Gasteiger partial charge in [0.15, 0.2) is 0 Å². The summed E-state index contributed by atoms with van der Waals surface area (Å²) in [5.41, 5.74) is 8.71. The maximum Gasteiger partial charge on any atom is 0.0945 e. The first kappa shape index (κ1) is 11.0. The van der Waals surface area contributed by atoms with Gasteiger partial charge in [0, 0.05) is 24.0 Å². The highest BCUT2D eigenvalue weighted by Gasteiger charge is 1.99. The van der Waals surface area contributed by atoms with Gasteiger partial charge in [-0.3, -0.25) is 0 Å². The summed E-state index contributed by atoms with van der Waals surface area (Å²) in [5, 5.41) is 6.55. The predicted octanol–water partition coefficient (Wildman–Crippen LogP) is 2.69. The number of nitrogens with zero attached hydrogens (tertiary/aromatic N) is 1. The Balaban J connectivity index is 1.87. The standard InChI is InChI=1S/C12H15N3S/c1-9-8-16-12(15-9)6-7-14-11-5-3-2-4-10(11)13/h2-5,8,14H,6-7,13H2,1H3. The number of benzene rings is 1. The molecule has 2 rings (SSSR count). The van der Waals surface area contributed by atoms with Crippen LogP contribution in [0.2, 0.25) is 0 Å². The maximum atomic E-state index is 5.83. The zero-order chi connectivity index (χ0) is 11.4. The molecular weight excluding hydrogens is 218 g/mol. The van der Waals surface area contributed by atoms with Gasteiger partial charge in [0.2, 0.25) is 0 Å². The Kier molecular flexibility index (Phi) is 3.41. The van der Waals surface area contributed by atoms with Gasteiger partial charge in [0.25, 0.3) is 0 Å². The number of aryl methyl sites for hydroxylation is 1. The Bertz CT molecular complexity index is 465. The molecule has 1 aromatic heterocycles. The van der Waals surface area contributed by atoms with E-state index in [-0.39, 0.29) is 0 Å². The van der Waals surface area contributed by atoms with Gasteiger partial charge in [-0.15, -0.1) is 11.3 Å². The first-order valence-electron chi connectivity index (χ1n) is 5.25. The number of thiazole rings is 1. The van der Waals surface area contributed by atoms with E-state index in [9.17, 15) is 0 Å². The molecule has 16 heavy (non-hydrogen) atoms. The Morgan fingerprint density at radius 3 is 2.88 bits per heavy atom. The molecule has 0 unspecified atom stereocenters. The van der Waals surface area contributed by atoms with Gasteiger partial charge in [-0.05, 0) is 19.1 Å². The van der Waals surface area contributed by atoms with Crippen molar-refractivity contribution < 1.29 is 0 Å². The Labute approximate surface area is 99.3 Å². The minimum atomic E-state index is 0.790. The second kappa shape index (κ2) is 4.99. The fourth-order valence-corrected chi connectivity index (χ4v) is 2.26. The van der Waals surface area contributed by atoms with Crippen molar-refractivity contribution in [2.24, 2.45) is 0 Å². The molecule has 0 atom stereocenters. The predicted molar refractivity (Wildman–Crippen MR) is 69.9 cm³/mol. The van der Waals surface area contributed by atoms with Gasteiger partial charge in [0.1, 0.15) is 0 Å². The van der Waals surface area contributed by atoms with Gasteiger partial charge in [-0.2, -0.15) is 0 Å². The minimum absolute atomic E-state index is 0.790. The van der Waals surface area contributed by atoms with Gasteiger partial charge in [-0.25, -0.2) is 4.98 Å². The maximum absolute atomic E-state index is 5.83. The number of rotatable bonds is 4. The van der Waals surface area contributed by atoms with Crippen molar-refractivity contribution in [3.05, 3.63) is 40.3 Å². The third kappa shape index (κ3) is 2.73. The molecule has 1 aromatic carbocycles. The van der Waals surface area contributed by atoms with E-state index < -0.39 is 0 Å². The van der Waals surface area contributed by atoms with E-state index in [1.807, 2.05) is 31.2 Å². The first-order chi connectivity index (χ1) is 7.75. The highest BCUT2D eigenvalue weighted by molar-refractivity contribution is 7.09. The lowest BCUT2D eigenvalue weighted by Gasteiger charge is -2.07. The molecule has 0 saturated carbocycles. The molecule has 0 saturated heterocycles.